The molecule has 0 spiro atoms. The summed E-state index contributed by atoms with van der Waals surface area (Å²) in [6.07, 6.45) is 3.83. The molecule has 6 heteroatoms. The quantitative estimate of drug-likeness (QED) is 0.586. The van der Waals surface area contributed by atoms with Gasteiger partial charge < -0.3 is 10.4 Å². The van der Waals surface area contributed by atoms with Gasteiger partial charge in [-0.25, -0.2) is 14.8 Å². The lowest BCUT2D eigenvalue weighted by Crippen LogP contribution is -2.28. The van der Waals surface area contributed by atoms with E-state index in [1.807, 2.05) is 13.2 Å². The van der Waals surface area contributed by atoms with Gasteiger partial charge in [-0.3, -0.25) is 0 Å². The maximum atomic E-state index is 10.8. The molecule has 1 heterocycles. The lowest BCUT2D eigenvalue weighted by Gasteiger charge is -2.12. The van der Waals surface area contributed by atoms with Crippen molar-refractivity contribution in [2.24, 2.45) is 0 Å². The van der Waals surface area contributed by atoms with Crippen molar-refractivity contribution in [2.45, 2.75) is 24.4 Å². The number of hydrogen-bond acceptors (Lipinski definition) is 5. The molecule has 0 amide bonds. The van der Waals surface area contributed by atoms with Gasteiger partial charge in [-0.1, -0.05) is 6.92 Å². The third-order valence-corrected chi connectivity index (χ3v) is 2.52. The first-order chi connectivity index (χ1) is 7.17. The van der Waals surface area contributed by atoms with E-state index in [1.165, 1.54) is 18.1 Å². The van der Waals surface area contributed by atoms with Gasteiger partial charge in [0.2, 0.25) is 0 Å². The van der Waals surface area contributed by atoms with Crippen molar-refractivity contribution in [3.8, 4) is 0 Å². The minimum atomic E-state index is -0.873. The number of hydrogen-bond donors (Lipinski definition) is 2. The van der Waals surface area contributed by atoms with Crippen molar-refractivity contribution < 1.29 is 9.90 Å². The fourth-order valence-electron chi connectivity index (χ4n) is 1.05. The van der Waals surface area contributed by atoms with E-state index < -0.39 is 12.0 Å². The number of nitrogens with one attached hydrogen (secondary N) is 1. The van der Waals surface area contributed by atoms with Gasteiger partial charge in [0, 0.05) is 6.07 Å². The van der Waals surface area contributed by atoms with Crippen LogP contribution in [0, 0.1) is 0 Å². The molecule has 1 aromatic heterocycles. The number of nitrogens with zero attached hydrogens (tertiary/aromatic N) is 2. The van der Waals surface area contributed by atoms with Crippen LogP contribution in [-0.4, -0.2) is 33.3 Å². The maximum absolute atomic E-state index is 10.8. The minimum Gasteiger partial charge on any atom is -0.480 e. The predicted octanol–water partition coefficient (Wildman–Crippen LogP) is 1.47. The molecule has 0 aliphatic carbocycles. The molecular formula is C9H13N3O2S. The molecule has 2 N–H and O–H groups in total. The largest absolute Gasteiger partial charge is 0.480 e. The maximum Gasteiger partial charge on any atom is 0.326 e. The number of carbonyl (C=O) groups is 1. The number of anilines is 1. The second-order valence-electron chi connectivity index (χ2n) is 2.89. The highest BCUT2D eigenvalue weighted by Gasteiger charge is 2.14. The molecule has 1 rings (SSSR count). The van der Waals surface area contributed by atoms with Crippen LogP contribution in [0.25, 0.3) is 0 Å². The van der Waals surface area contributed by atoms with Crippen LogP contribution in [0.2, 0.25) is 0 Å². The first-order valence-electron chi connectivity index (χ1n) is 4.52. The van der Waals surface area contributed by atoms with Crippen molar-refractivity contribution in [2.75, 3.05) is 11.6 Å². The molecule has 1 atom stereocenters. The third-order valence-electron chi connectivity index (χ3n) is 1.88. The number of carboxylic acid groups (broad SMARTS) is 1. The molecule has 0 aliphatic rings. The van der Waals surface area contributed by atoms with Crippen molar-refractivity contribution >= 4 is 23.5 Å². The Hall–Kier alpha value is -1.30. The van der Waals surface area contributed by atoms with Crippen LogP contribution in [0.3, 0.4) is 0 Å². The van der Waals surface area contributed by atoms with E-state index in [2.05, 4.69) is 15.3 Å². The lowest BCUT2D eigenvalue weighted by atomic mass is 10.2. The Labute approximate surface area is 92.3 Å². The summed E-state index contributed by atoms with van der Waals surface area (Å²) in [5.41, 5.74) is 0. The van der Waals surface area contributed by atoms with E-state index in [0.29, 0.717) is 12.2 Å². The monoisotopic (exact) mass is 227 g/mol. The van der Waals surface area contributed by atoms with E-state index >= 15 is 0 Å². The number of thioether (sulfide) groups is 1. The van der Waals surface area contributed by atoms with Crippen molar-refractivity contribution in [3.63, 3.8) is 0 Å². The fraction of sp³-hybridized carbons (Fsp3) is 0.444. The van der Waals surface area contributed by atoms with Crippen LogP contribution >= 0.6 is 11.8 Å². The van der Waals surface area contributed by atoms with Gasteiger partial charge in [0.1, 0.15) is 23.2 Å². The van der Waals surface area contributed by atoms with Gasteiger partial charge in [-0.15, -0.1) is 11.8 Å². The molecule has 1 aromatic rings. The highest BCUT2D eigenvalue weighted by atomic mass is 32.2. The van der Waals surface area contributed by atoms with Crippen LogP contribution in [0.1, 0.15) is 13.3 Å². The molecule has 0 fully saturated rings. The Morgan fingerprint density at radius 2 is 2.40 bits per heavy atom. The summed E-state index contributed by atoms with van der Waals surface area (Å²) in [6.45, 7) is 1.81. The number of rotatable bonds is 5. The average Bonchev–Trinajstić information content (AvgIpc) is 2.25. The van der Waals surface area contributed by atoms with Crippen molar-refractivity contribution in [1.29, 1.82) is 0 Å². The van der Waals surface area contributed by atoms with Crippen molar-refractivity contribution in [3.05, 3.63) is 12.4 Å². The number of carboxylic acids is 1. The second-order valence-corrected chi connectivity index (χ2v) is 3.72. The van der Waals surface area contributed by atoms with Gasteiger partial charge >= 0.3 is 5.97 Å². The molecule has 82 valence electrons. The summed E-state index contributed by atoms with van der Waals surface area (Å²) in [5.74, 6) is -0.328. The molecular weight excluding hydrogens is 214 g/mol. The van der Waals surface area contributed by atoms with Crippen LogP contribution < -0.4 is 5.32 Å². The normalized spacial score (nSPS) is 12.1. The topological polar surface area (TPSA) is 75.1 Å². The zero-order chi connectivity index (χ0) is 11.3. The van der Waals surface area contributed by atoms with Crippen LogP contribution in [0.4, 0.5) is 5.82 Å². The first-order valence-corrected chi connectivity index (χ1v) is 5.75. The molecule has 0 aromatic carbocycles. The molecule has 0 saturated heterocycles. The molecule has 0 radical (unpaired) electrons. The molecule has 15 heavy (non-hydrogen) atoms. The second kappa shape index (κ2) is 5.55. The van der Waals surface area contributed by atoms with E-state index in [-0.39, 0.29) is 0 Å². The summed E-state index contributed by atoms with van der Waals surface area (Å²) in [7, 11) is 0. The van der Waals surface area contributed by atoms with Crippen molar-refractivity contribution in [1.82, 2.24) is 9.97 Å². The standard InChI is InChI=1S/C9H13N3O2S/c1-3-6(9(13)14)12-7-4-8(15-2)11-5-10-7/h4-6H,3H2,1-2H3,(H,13,14)(H,10,11,12). The Bertz CT molecular complexity index is 346. The number of aromatic nitrogens is 2. The van der Waals surface area contributed by atoms with E-state index in [4.69, 9.17) is 5.11 Å². The summed E-state index contributed by atoms with van der Waals surface area (Å²) in [5, 5.41) is 12.5. The van der Waals surface area contributed by atoms with Gasteiger partial charge in [-0.2, -0.15) is 0 Å². The lowest BCUT2D eigenvalue weighted by molar-refractivity contribution is -0.137. The highest BCUT2D eigenvalue weighted by molar-refractivity contribution is 7.98. The molecule has 1 unspecified atom stereocenters. The van der Waals surface area contributed by atoms with E-state index in [9.17, 15) is 4.79 Å². The Kier molecular flexibility index (Phi) is 4.36. The van der Waals surface area contributed by atoms with Gasteiger partial charge in [-0.05, 0) is 12.7 Å². The van der Waals surface area contributed by atoms with E-state index in [1.54, 1.807) is 6.07 Å². The Morgan fingerprint density at radius 1 is 1.67 bits per heavy atom. The smallest absolute Gasteiger partial charge is 0.326 e. The molecule has 0 aliphatic heterocycles. The number of aliphatic carboxylic acids is 1. The Morgan fingerprint density at radius 3 is 2.93 bits per heavy atom. The highest BCUT2D eigenvalue weighted by Crippen LogP contribution is 2.14. The first kappa shape index (κ1) is 11.8. The summed E-state index contributed by atoms with van der Waals surface area (Å²) in [6, 6.07) is 1.13. The fourth-order valence-corrected chi connectivity index (χ4v) is 1.43. The van der Waals surface area contributed by atoms with Crippen LogP contribution in [0.15, 0.2) is 17.4 Å². The van der Waals surface area contributed by atoms with E-state index in [0.717, 1.165) is 5.03 Å². The summed E-state index contributed by atoms with van der Waals surface area (Å²) in [4.78, 5) is 18.7. The third kappa shape index (κ3) is 3.39. The SMILES string of the molecule is CCC(Nc1cc(SC)ncn1)C(=O)O. The predicted molar refractivity (Wildman–Crippen MR) is 59.2 cm³/mol. The Balaban J connectivity index is 2.74. The molecule has 0 bridgehead atoms. The summed E-state index contributed by atoms with van der Waals surface area (Å²) >= 11 is 1.49. The average molecular weight is 227 g/mol. The van der Waals surface area contributed by atoms with Crippen LogP contribution in [-0.2, 0) is 4.79 Å². The molecule has 5 nitrogen and oxygen atoms in total. The van der Waals surface area contributed by atoms with Gasteiger partial charge in [0.05, 0.1) is 0 Å². The van der Waals surface area contributed by atoms with Crippen LogP contribution in [0.5, 0.6) is 0 Å². The zero-order valence-corrected chi connectivity index (χ0v) is 9.41. The summed E-state index contributed by atoms with van der Waals surface area (Å²) < 4.78 is 0. The molecule has 0 saturated carbocycles. The minimum absolute atomic E-state index is 0.508. The van der Waals surface area contributed by atoms with Gasteiger partial charge in [0.15, 0.2) is 0 Å². The van der Waals surface area contributed by atoms with Gasteiger partial charge in [0.25, 0.3) is 0 Å². The zero-order valence-electron chi connectivity index (χ0n) is 8.60.